The molecule has 1 aliphatic rings. The molecule has 138 valence electrons. The molecule has 4 nitrogen and oxygen atoms in total. The second kappa shape index (κ2) is 8.67. The first-order valence-electron chi connectivity index (χ1n) is 9.11. The predicted octanol–water partition coefficient (Wildman–Crippen LogP) is 2.93. The molecular weight excluding hydrogens is 330 g/mol. The van der Waals surface area contributed by atoms with Crippen molar-refractivity contribution in [2.75, 3.05) is 20.3 Å². The summed E-state index contributed by atoms with van der Waals surface area (Å²) >= 11 is 0. The number of nitrogens with zero attached hydrogens (tertiary/aromatic N) is 1. The van der Waals surface area contributed by atoms with E-state index in [-0.39, 0.29) is 24.1 Å². The van der Waals surface area contributed by atoms with E-state index in [9.17, 15) is 9.90 Å². The number of benzene rings is 1. The van der Waals surface area contributed by atoms with Gasteiger partial charge in [-0.05, 0) is 37.4 Å². The van der Waals surface area contributed by atoms with Gasteiger partial charge in [0, 0.05) is 13.0 Å². The summed E-state index contributed by atoms with van der Waals surface area (Å²) in [6.45, 7) is 7.50. The number of aliphatic hydroxyl groups is 1. The number of carbonyl (C=O) groups is 1. The molecule has 1 saturated heterocycles. The molecule has 1 fully saturated rings. The van der Waals surface area contributed by atoms with Gasteiger partial charge in [0.25, 0.3) is 0 Å². The zero-order valence-electron chi connectivity index (χ0n) is 15.9. The molecule has 0 unspecified atom stereocenters. The fourth-order valence-electron chi connectivity index (χ4n) is 3.69. The monoisotopic (exact) mass is 361 g/mol. The van der Waals surface area contributed by atoms with Gasteiger partial charge >= 0.3 is 0 Å². The summed E-state index contributed by atoms with van der Waals surface area (Å²) in [7, 11) is -0.191. The van der Waals surface area contributed by atoms with Gasteiger partial charge in [0.2, 0.25) is 5.91 Å². The Kier molecular flexibility index (Phi) is 6.84. The lowest BCUT2D eigenvalue weighted by Gasteiger charge is -2.33. The number of carbonyl (C=O) groups excluding carboxylic acids is 1. The summed E-state index contributed by atoms with van der Waals surface area (Å²) in [4.78, 5) is 14.7. The second-order valence-corrected chi connectivity index (χ2v) is 12.1. The first-order valence-corrected chi connectivity index (χ1v) is 12.2. The SMILES string of the molecule is C/C=C/[C@@H](CC(=O)N1CCC[C@H]1CO)[Si](C)(C)c1ccc(OC)cc1. The Bertz CT molecular complexity index is 597. The highest BCUT2D eigenvalue weighted by Crippen LogP contribution is 2.30. The number of allylic oxidation sites excluding steroid dienone is 2. The minimum absolute atomic E-state index is 0.00419. The zero-order valence-corrected chi connectivity index (χ0v) is 16.9. The van der Waals surface area contributed by atoms with Crippen LogP contribution in [0, 0.1) is 0 Å². The molecule has 1 aromatic rings. The van der Waals surface area contributed by atoms with E-state index < -0.39 is 8.07 Å². The Hall–Kier alpha value is -1.59. The van der Waals surface area contributed by atoms with Crippen molar-refractivity contribution in [3.05, 3.63) is 36.4 Å². The van der Waals surface area contributed by atoms with Gasteiger partial charge in [0.15, 0.2) is 0 Å². The highest BCUT2D eigenvalue weighted by atomic mass is 28.3. The molecule has 25 heavy (non-hydrogen) atoms. The van der Waals surface area contributed by atoms with Crippen LogP contribution in [0.15, 0.2) is 36.4 Å². The van der Waals surface area contributed by atoms with Crippen molar-refractivity contribution in [3.8, 4) is 5.75 Å². The lowest BCUT2D eigenvalue weighted by atomic mass is 10.2. The molecule has 1 heterocycles. The fraction of sp³-hybridized carbons (Fsp3) is 0.550. The highest BCUT2D eigenvalue weighted by molar-refractivity contribution is 6.91. The highest BCUT2D eigenvalue weighted by Gasteiger charge is 2.36. The van der Waals surface area contributed by atoms with Crippen LogP contribution in [0.25, 0.3) is 0 Å². The third-order valence-electron chi connectivity index (χ3n) is 5.49. The van der Waals surface area contributed by atoms with Crippen LogP contribution in [0.4, 0.5) is 0 Å². The summed E-state index contributed by atoms with van der Waals surface area (Å²) in [5.41, 5.74) is 0.235. The van der Waals surface area contributed by atoms with Crippen LogP contribution < -0.4 is 9.92 Å². The quantitative estimate of drug-likeness (QED) is 0.600. The predicted molar refractivity (Wildman–Crippen MR) is 105 cm³/mol. The summed E-state index contributed by atoms with van der Waals surface area (Å²) in [5, 5.41) is 10.8. The van der Waals surface area contributed by atoms with E-state index in [1.54, 1.807) is 7.11 Å². The van der Waals surface area contributed by atoms with Crippen molar-refractivity contribution in [1.82, 2.24) is 4.90 Å². The largest absolute Gasteiger partial charge is 0.497 e. The van der Waals surface area contributed by atoms with Gasteiger partial charge in [-0.15, -0.1) is 0 Å². The molecular formula is C20H31NO3Si. The number of methoxy groups -OCH3 is 1. The van der Waals surface area contributed by atoms with E-state index in [1.165, 1.54) is 5.19 Å². The van der Waals surface area contributed by atoms with Crippen LogP contribution in [-0.4, -0.2) is 50.3 Å². The average Bonchev–Trinajstić information content (AvgIpc) is 3.10. The fourth-order valence-corrected chi connectivity index (χ4v) is 6.50. The normalized spacial score (nSPS) is 19.4. The van der Waals surface area contributed by atoms with Crippen molar-refractivity contribution < 1.29 is 14.6 Å². The maximum absolute atomic E-state index is 12.9. The lowest BCUT2D eigenvalue weighted by Crippen LogP contribution is -2.47. The Morgan fingerprint density at radius 3 is 2.64 bits per heavy atom. The Morgan fingerprint density at radius 1 is 1.40 bits per heavy atom. The smallest absolute Gasteiger partial charge is 0.223 e. The number of ether oxygens (including phenoxy) is 1. The minimum atomic E-state index is -1.86. The Labute approximate surface area is 152 Å². The molecule has 1 aliphatic heterocycles. The number of hydrogen-bond acceptors (Lipinski definition) is 3. The second-order valence-electron chi connectivity index (χ2n) is 7.35. The minimum Gasteiger partial charge on any atom is -0.497 e. The molecule has 0 bridgehead atoms. The van der Waals surface area contributed by atoms with Crippen LogP contribution in [-0.2, 0) is 4.79 Å². The topological polar surface area (TPSA) is 49.8 Å². The van der Waals surface area contributed by atoms with E-state index in [0.717, 1.165) is 25.1 Å². The first-order chi connectivity index (χ1) is 11.9. The standard InChI is InChI=1S/C20H31NO3Si/c1-5-7-19(14-20(23)21-13-6-8-16(21)15-22)25(3,4)18-11-9-17(24-2)10-12-18/h5,7,9-12,16,19,22H,6,8,13-15H2,1-4H3/b7-5+/t16-,19-/m0/s1. The van der Waals surface area contributed by atoms with Crippen LogP contribution in [0.1, 0.15) is 26.2 Å². The molecule has 0 radical (unpaired) electrons. The molecule has 2 atom stereocenters. The van der Waals surface area contributed by atoms with Gasteiger partial charge in [-0.3, -0.25) is 4.79 Å². The first kappa shape index (κ1) is 19.7. The van der Waals surface area contributed by atoms with Crippen LogP contribution in [0.5, 0.6) is 5.75 Å². The van der Waals surface area contributed by atoms with Gasteiger partial charge < -0.3 is 14.7 Å². The van der Waals surface area contributed by atoms with Crippen molar-refractivity contribution >= 4 is 19.2 Å². The van der Waals surface area contributed by atoms with Crippen molar-refractivity contribution in [1.29, 1.82) is 0 Å². The summed E-state index contributed by atoms with van der Waals surface area (Å²) in [6.07, 6.45) is 6.68. The van der Waals surface area contributed by atoms with E-state index in [1.807, 2.05) is 24.0 Å². The van der Waals surface area contributed by atoms with Crippen molar-refractivity contribution in [2.45, 2.75) is 50.9 Å². The molecule has 1 amide bonds. The van der Waals surface area contributed by atoms with Crippen LogP contribution in [0.2, 0.25) is 18.6 Å². The molecule has 2 rings (SSSR count). The van der Waals surface area contributed by atoms with Crippen LogP contribution in [0.3, 0.4) is 0 Å². The molecule has 0 saturated carbocycles. The number of likely N-dealkylation sites (tertiary alicyclic amines) is 1. The summed E-state index contributed by atoms with van der Waals surface area (Å²) < 4.78 is 5.26. The molecule has 5 heteroatoms. The van der Waals surface area contributed by atoms with Crippen molar-refractivity contribution in [3.63, 3.8) is 0 Å². The maximum atomic E-state index is 12.9. The van der Waals surface area contributed by atoms with E-state index in [2.05, 4.69) is 37.4 Å². The summed E-state index contributed by atoms with van der Waals surface area (Å²) in [5.74, 6) is 1.03. The van der Waals surface area contributed by atoms with Crippen molar-refractivity contribution in [2.24, 2.45) is 0 Å². The van der Waals surface area contributed by atoms with Crippen LogP contribution >= 0.6 is 0 Å². The number of hydrogen-bond donors (Lipinski definition) is 1. The van der Waals surface area contributed by atoms with Gasteiger partial charge in [-0.25, -0.2) is 0 Å². The van der Waals surface area contributed by atoms with Gasteiger partial charge in [-0.2, -0.15) is 0 Å². The zero-order chi connectivity index (χ0) is 18.4. The number of rotatable bonds is 7. The Balaban J connectivity index is 2.18. The molecule has 0 aromatic heterocycles. The van der Waals surface area contributed by atoms with E-state index in [0.29, 0.717) is 6.42 Å². The Morgan fingerprint density at radius 2 is 2.08 bits per heavy atom. The number of aliphatic hydroxyl groups excluding tert-OH is 1. The van der Waals surface area contributed by atoms with Gasteiger partial charge in [-0.1, -0.05) is 42.6 Å². The van der Waals surface area contributed by atoms with E-state index >= 15 is 0 Å². The lowest BCUT2D eigenvalue weighted by molar-refractivity contribution is -0.132. The maximum Gasteiger partial charge on any atom is 0.223 e. The molecule has 0 spiro atoms. The third kappa shape index (κ3) is 4.53. The molecule has 1 aromatic carbocycles. The number of amides is 1. The van der Waals surface area contributed by atoms with Gasteiger partial charge in [0.1, 0.15) is 5.75 Å². The third-order valence-corrected chi connectivity index (χ3v) is 9.56. The van der Waals surface area contributed by atoms with Gasteiger partial charge in [0.05, 0.1) is 27.8 Å². The average molecular weight is 362 g/mol. The molecule has 1 N–H and O–H groups in total. The van der Waals surface area contributed by atoms with E-state index in [4.69, 9.17) is 4.74 Å². The summed E-state index contributed by atoms with van der Waals surface area (Å²) in [6, 6.07) is 8.28. The molecule has 0 aliphatic carbocycles.